The van der Waals surface area contributed by atoms with E-state index in [9.17, 15) is 14.9 Å². The topological polar surface area (TPSA) is 81.5 Å². The smallest absolute Gasteiger partial charge is 0.270 e. The van der Waals surface area contributed by atoms with Crippen LogP contribution in [-0.2, 0) is 4.79 Å². The van der Waals surface area contributed by atoms with Crippen molar-refractivity contribution in [1.82, 2.24) is 0 Å². The summed E-state index contributed by atoms with van der Waals surface area (Å²) in [5.74, 6) is 0.309. The summed E-state index contributed by atoms with van der Waals surface area (Å²) in [7, 11) is 0. The van der Waals surface area contributed by atoms with Gasteiger partial charge in [-0.25, -0.2) is 0 Å². The number of non-ortho nitro benzene ring substituents is 1. The van der Waals surface area contributed by atoms with E-state index in [0.29, 0.717) is 15.9 Å². The molecular formula is C16H15BrN2O4. The van der Waals surface area contributed by atoms with Crippen LogP contribution in [0, 0.1) is 24.0 Å². The Morgan fingerprint density at radius 2 is 2.00 bits per heavy atom. The lowest BCUT2D eigenvalue weighted by atomic mass is 10.1. The number of carbonyl (C=O) groups is 1. The quantitative estimate of drug-likeness (QED) is 0.629. The number of nitro groups is 1. The van der Waals surface area contributed by atoms with E-state index in [4.69, 9.17) is 4.74 Å². The second-order valence-electron chi connectivity index (χ2n) is 5.03. The molecule has 1 amide bonds. The highest BCUT2D eigenvalue weighted by atomic mass is 79.9. The fraction of sp³-hybridized carbons (Fsp3) is 0.188. The molecule has 0 spiro atoms. The Hall–Kier alpha value is -2.41. The number of nitrogens with one attached hydrogen (secondary N) is 1. The standard InChI is InChI=1S/C16H15BrN2O4/c1-10-3-4-11(2)15(7-10)23-9-16(20)18-14-6-5-12(19(21)22)8-13(14)17/h3-8H,9H2,1-2H3,(H,18,20). The molecule has 0 saturated carbocycles. The van der Waals surface area contributed by atoms with Crippen LogP contribution in [0.3, 0.4) is 0 Å². The van der Waals surface area contributed by atoms with E-state index in [2.05, 4.69) is 21.2 Å². The van der Waals surface area contributed by atoms with Gasteiger partial charge >= 0.3 is 0 Å². The number of carbonyl (C=O) groups excluding carboxylic acids is 1. The number of hydrogen-bond acceptors (Lipinski definition) is 4. The number of anilines is 1. The molecule has 0 atom stereocenters. The maximum absolute atomic E-state index is 12.0. The largest absolute Gasteiger partial charge is 0.483 e. The summed E-state index contributed by atoms with van der Waals surface area (Å²) in [5, 5.41) is 13.3. The average Bonchev–Trinajstić information content (AvgIpc) is 2.50. The van der Waals surface area contributed by atoms with Crippen LogP contribution in [0.2, 0.25) is 0 Å². The van der Waals surface area contributed by atoms with Gasteiger partial charge in [0.25, 0.3) is 11.6 Å². The second-order valence-corrected chi connectivity index (χ2v) is 5.88. The summed E-state index contributed by atoms with van der Waals surface area (Å²) < 4.78 is 5.95. The Bertz CT molecular complexity index is 762. The summed E-state index contributed by atoms with van der Waals surface area (Å²) in [5.41, 5.74) is 2.38. The fourth-order valence-corrected chi connectivity index (χ4v) is 2.38. The Labute approximate surface area is 141 Å². The second kappa shape index (κ2) is 7.23. The number of rotatable bonds is 5. The van der Waals surface area contributed by atoms with E-state index in [0.717, 1.165) is 11.1 Å². The van der Waals surface area contributed by atoms with Crippen molar-refractivity contribution in [3.63, 3.8) is 0 Å². The SMILES string of the molecule is Cc1ccc(C)c(OCC(=O)Nc2ccc([N+](=O)[O-])cc2Br)c1. The van der Waals surface area contributed by atoms with Gasteiger partial charge in [-0.15, -0.1) is 0 Å². The molecular weight excluding hydrogens is 364 g/mol. The average molecular weight is 379 g/mol. The van der Waals surface area contributed by atoms with Crippen LogP contribution in [0.25, 0.3) is 0 Å². The number of amides is 1. The Balaban J connectivity index is 2.00. The number of benzene rings is 2. The number of hydrogen-bond donors (Lipinski definition) is 1. The molecule has 0 saturated heterocycles. The first-order valence-corrected chi connectivity index (χ1v) is 7.60. The molecule has 0 heterocycles. The van der Waals surface area contributed by atoms with Crippen LogP contribution >= 0.6 is 15.9 Å². The van der Waals surface area contributed by atoms with Crippen molar-refractivity contribution in [2.24, 2.45) is 0 Å². The molecule has 0 aliphatic heterocycles. The van der Waals surface area contributed by atoms with Crippen molar-refractivity contribution in [1.29, 1.82) is 0 Å². The summed E-state index contributed by atoms with van der Waals surface area (Å²) in [6.45, 7) is 3.70. The minimum atomic E-state index is -0.500. The molecule has 0 radical (unpaired) electrons. The lowest BCUT2D eigenvalue weighted by Crippen LogP contribution is -2.20. The van der Waals surface area contributed by atoms with Crippen LogP contribution in [0.15, 0.2) is 40.9 Å². The molecule has 23 heavy (non-hydrogen) atoms. The van der Waals surface area contributed by atoms with E-state index in [1.54, 1.807) is 0 Å². The lowest BCUT2D eigenvalue weighted by Gasteiger charge is -2.11. The van der Waals surface area contributed by atoms with E-state index >= 15 is 0 Å². The molecule has 7 heteroatoms. The number of aryl methyl sites for hydroxylation is 2. The molecule has 0 unspecified atom stereocenters. The van der Waals surface area contributed by atoms with Gasteiger partial charge in [0.2, 0.25) is 0 Å². The van der Waals surface area contributed by atoms with Gasteiger partial charge in [-0.3, -0.25) is 14.9 Å². The summed E-state index contributed by atoms with van der Waals surface area (Å²) in [6.07, 6.45) is 0. The summed E-state index contributed by atoms with van der Waals surface area (Å²) >= 11 is 3.20. The van der Waals surface area contributed by atoms with Crippen molar-refractivity contribution in [2.75, 3.05) is 11.9 Å². The number of nitrogens with zero attached hydrogens (tertiary/aromatic N) is 1. The molecule has 2 aromatic carbocycles. The van der Waals surface area contributed by atoms with Crippen molar-refractivity contribution >= 4 is 33.2 Å². The molecule has 0 aliphatic rings. The Kier molecular flexibility index (Phi) is 5.33. The van der Waals surface area contributed by atoms with E-state index < -0.39 is 4.92 Å². The maximum Gasteiger partial charge on any atom is 0.270 e. The monoisotopic (exact) mass is 378 g/mol. The van der Waals surface area contributed by atoms with Gasteiger partial charge in [0, 0.05) is 16.6 Å². The van der Waals surface area contributed by atoms with Gasteiger partial charge in [0.05, 0.1) is 10.6 Å². The third-order valence-electron chi connectivity index (χ3n) is 3.14. The molecule has 1 N–H and O–H groups in total. The van der Waals surface area contributed by atoms with Crippen molar-refractivity contribution < 1.29 is 14.5 Å². The number of nitro benzene ring substituents is 1. The Morgan fingerprint density at radius 3 is 2.65 bits per heavy atom. The van der Waals surface area contributed by atoms with Gasteiger partial charge in [0.1, 0.15) is 5.75 Å². The van der Waals surface area contributed by atoms with E-state index in [1.165, 1.54) is 18.2 Å². The van der Waals surface area contributed by atoms with E-state index in [-0.39, 0.29) is 18.2 Å². The third-order valence-corrected chi connectivity index (χ3v) is 3.80. The minimum Gasteiger partial charge on any atom is -0.483 e. The van der Waals surface area contributed by atoms with Crippen molar-refractivity contribution in [3.05, 3.63) is 62.1 Å². The van der Waals surface area contributed by atoms with Crippen LogP contribution in [0.1, 0.15) is 11.1 Å². The van der Waals surface area contributed by atoms with Gasteiger partial charge in [-0.05, 0) is 53.0 Å². The molecule has 0 fully saturated rings. The first-order valence-electron chi connectivity index (χ1n) is 6.80. The van der Waals surface area contributed by atoms with Crippen LogP contribution < -0.4 is 10.1 Å². The summed E-state index contributed by atoms with van der Waals surface area (Å²) in [4.78, 5) is 22.1. The van der Waals surface area contributed by atoms with Gasteiger partial charge in [0.15, 0.2) is 6.61 Å². The fourth-order valence-electron chi connectivity index (χ4n) is 1.91. The van der Waals surface area contributed by atoms with Crippen LogP contribution in [-0.4, -0.2) is 17.4 Å². The highest BCUT2D eigenvalue weighted by molar-refractivity contribution is 9.10. The molecule has 2 aromatic rings. The molecule has 2 rings (SSSR count). The van der Waals surface area contributed by atoms with Crippen molar-refractivity contribution in [2.45, 2.75) is 13.8 Å². The molecule has 0 bridgehead atoms. The first-order chi connectivity index (χ1) is 10.9. The van der Waals surface area contributed by atoms with Crippen LogP contribution in [0.5, 0.6) is 5.75 Å². The highest BCUT2D eigenvalue weighted by Crippen LogP contribution is 2.27. The minimum absolute atomic E-state index is 0.0542. The zero-order valence-corrected chi connectivity index (χ0v) is 14.2. The summed E-state index contributed by atoms with van der Waals surface area (Å²) in [6, 6.07) is 9.89. The normalized spacial score (nSPS) is 10.2. The lowest BCUT2D eigenvalue weighted by molar-refractivity contribution is -0.384. The molecule has 0 aliphatic carbocycles. The van der Waals surface area contributed by atoms with E-state index in [1.807, 2.05) is 32.0 Å². The Morgan fingerprint density at radius 1 is 1.26 bits per heavy atom. The van der Waals surface area contributed by atoms with Crippen LogP contribution in [0.4, 0.5) is 11.4 Å². The van der Waals surface area contributed by atoms with Gasteiger partial charge in [-0.1, -0.05) is 12.1 Å². The van der Waals surface area contributed by atoms with Gasteiger partial charge in [-0.2, -0.15) is 0 Å². The third kappa shape index (κ3) is 4.53. The number of halogens is 1. The predicted molar refractivity (Wildman–Crippen MR) is 90.8 cm³/mol. The predicted octanol–water partition coefficient (Wildman–Crippen LogP) is 3.99. The molecule has 6 nitrogen and oxygen atoms in total. The van der Waals surface area contributed by atoms with Crippen molar-refractivity contribution in [3.8, 4) is 5.75 Å². The number of ether oxygens (including phenoxy) is 1. The zero-order chi connectivity index (χ0) is 17.0. The first kappa shape index (κ1) is 17.0. The zero-order valence-electron chi connectivity index (χ0n) is 12.6. The molecule has 120 valence electrons. The molecule has 0 aromatic heterocycles. The highest BCUT2D eigenvalue weighted by Gasteiger charge is 2.12. The maximum atomic E-state index is 12.0. The van der Waals surface area contributed by atoms with Gasteiger partial charge < -0.3 is 10.1 Å².